The molecule has 100 valence electrons. The number of nitrogens with zero attached hydrogens (tertiary/aromatic N) is 3. The first-order chi connectivity index (χ1) is 9.86. The van der Waals surface area contributed by atoms with Gasteiger partial charge in [0.15, 0.2) is 0 Å². The Balaban J connectivity index is 1.79. The smallest absolute Gasteiger partial charge is 0.128 e. The van der Waals surface area contributed by atoms with E-state index in [9.17, 15) is 0 Å². The van der Waals surface area contributed by atoms with Crippen LogP contribution < -0.4 is 10.2 Å². The van der Waals surface area contributed by atoms with Gasteiger partial charge in [0.25, 0.3) is 0 Å². The van der Waals surface area contributed by atoms with Gasteiger partial charge in [0.05, 0.1) is 11.6 Å². The highest BCUT2D eigenvalue weighted by Crippen LogP contribution is 2.21. The van der Waals surface area contributed by atoms with E-state index in [1.165, 1.54) is 0 Å². The molecule has 0 spiro atoms. The molecule has 1 N–H and O–H groups in total. The van der Waals surface area contributed by atoms with Crippen molar-refractivity contribution >= 4 is 5.82 Å². The Hall–Kier alpha value is -2.38. The summed E-state index contributed by atoms with van der Waals surface area (Å²) >= 11 is 0. The first-order valence-electron chi connectivity index (χ1n) is 6.79. The van der Waals surface area contributed by atoms with Gasteiger partial charge in [-0.2, -0.15) is 5.26 Å². The summed E-state index contributed by atoms with van der Waals surface area (Å²) in [6.07, 6.45) is 1.90. The zero-order chi connectivity index (χ0) is 13.8. The van der Waals surface area contributed by atoms with Gasteiger partial charge < -0.3 is 10.2 Å². The van der Waals surface area contributed by atoms with E-state index in [0.717, 1.165) is 43.1 Å². The fourth-order valence-corrected chi connectivity index (χ4v) is 2.38. The van der Waals surface area contributed by atoms with Crippen molar-refractivity contribution in [3.63, 3.8) is 0 Å². The molecule has 1 aliphatic rings. The lowest BCUT2D eigenvalue weighted by Gasteiger charge is -2.28. The van der Waals surface area contributed by atoms with Crippen LogP contribution in [0.25, 0.3) is 11.1 Å². The Bertz CT molecular complexity index is 604. The molecule has 1 aromatic carbocycles. The Morgan fingerprint density at radius 3 is 2.30 bits per heavy atom. The Morgan fingerprint density at radius 2 is 1.70 bits per heavy atom. The molecule has 0 bridgehead atoms. The topological polar surface area (TPSA) is 52.0 Å². The zero-order valence-electron chi connectivity index (χ0n) is 11.2. The molecule has 2 aromatic rings. The van der Waals surface area contributed by atoms with Crippen LogP contribution in [0.5, 0.6) is 0 Å². The largest absolute Gasteiger partial charge is 0.354 e. The molecule has 0 aliphatic carbocycles. The number of rotatable bonds is 2. The maximum atomic E-state index is 8.81. The van der Waals surface area contributed by atoms with E-state index >= 15 is 0 Å². The number of hydrogen-bond acceptors (Lipinski definition) is 4. The van der Waals surface area contributed by atoms with Crippen molar-refractivity contribution in [2.45, 2.75) is 0 Å². The highest BCUT2D eigenvalue weighted by molar-refractivity contribution is 5.64. The summed E-state index contributed by atoms with van der Waals surface area (Å²) in [5, 5.41) is 12.1. The van der Waals surface area contributed by atoms with E-state index in [-0.39, 0.29) is 0 Å². The highest BCUT2D eigenvalue weighted by atomic mass is 15.2. The van der Waals surface area contributed by atoms with E-state index in [0.29, 0.717) is 5.56 Å². The lowest BCUT2D eigenvalue weighted by atomic mass is 10.1. The molecule has 2 heterocycles. The third-order valence-electron chi connectivity index (χ3n) is 3.54. The molecule has 20 heavy (non-hydrogen) atoms. The van der Waals surface area contributed by atoms with Crippen LogP contribution in [0.2, 0.25) is 0 Å². The van der Waals surface area contributed by atoms with Crippen LogP contribution in [0, 0.1) is 11.3 Å². The third-order valence-corrected chi connectivity index (χ3v) is 3.54. The summed E-state index contributed by atoms with van der Waals surface area (Å²) in [4.78, 5) is 6.85. The second kappa shape index (κ2) is 5.72. The SMILES string of the molecule is N#Cc1ccc(-c2ccc(N3CCNCC3)nc2)cc1. The molecular weight excluding hydrogens is 248 g/mol. The van der Waals surface area contributed by atoms with Crippen LogP contribution in [-0.4, -0.2) is 31.2 Å². The fourth-order valence-electron chi connectivity index (χ4n) is 2.38. The monoisotopic (exact) mass is 264 g/mol. The summed E-state index contributed by atoms with van der Waals surface area (Å²) in [7, 11) is 0. The molecule has 0 atom stereocenters. The minimum Gasteiger partial charge on any atom is -0.354 e. The minimum absolute atomic E-state index is 0.680. The number of aromatic nitrogens is 1. The van der Waals surface area contributed by atoms with Crippen LogP contribution in [0.3, 0.4) is 0 Å². The molecule has 0 saturated carbocycles. The first-order valence-corrected chi connectivity index (χ1v) is 6.79. The van der Waals surface area contributed by atoms with Crippen LogP contribution >= 0.6 is 0 Å². The Labute approximate surface area is 118 Å². The average Bonchev–Trinajstić information content (AvgIpc) is 2.56. The fraction of sp³-hybridized carbons (Fsp3) is 0.250. The van der Waals surface area contributed by atoms with Gasteiger partial charge in [0, 0.05) is 37.9 Å². The van der Waals surface area contributed by atoms with Crippen molar-refractivity contribution in [3.8, 4) is 17.2 Å². The molecule has 1 fully saturated rings. The third kappa shape index (κ3) is 2.63. The van der Waals surface area contributed by atoms with Crippen molar-refractivity contribution in [2.24, 2.45) is 0 Å². The van der Waals surface area contributed by atoms with Crippen molar-refractivity contribution in [1.29, 1.82) is 5.26 Å². The molecule has 3 rings (SSSR count). The lowest BCUT2D eigenvalue weighted by molar-refractivity contribution is 0.585. The summed E-state index contributed by atoms with van der Waals surface area (Å²) in [5.41, 5.74) is 2.84. The number of nitriles is 1. The molecule has 4 heteroatoms. The normalized spacial score (nSPS) is 14.8. The van der Waals surface area contributed by atoms with E-state index in [2.05, 4.69) is 33.4 Å². The van der Waals surface area contributed by atoms with Gasteiger partial charge in [0.1, 0.15) is 5.82 Å². The van der Waals surface area contributed by atoms with E-state index < -0.39 is 0 Å². The van der Waals surface area contributed by atoms with E-state index in [4.69, 9.17) is 5.26 Å². The highest BCUT2D eigenvalue weighted by Gasteiger charge is 2.11. The molecule has 1 saturated heterocycles. The maximum Gasteiger partial charge on any atom is 0.128 e. The molecular formula is C16H16N4. The van der Waals surface area contributed by atoms with E-state index in [1.807, 2.05) is 30.5 Å². The van der Waals surface area contributed by atoms with Gasteiger partial charge in [-0.15, -0.1) is 0 Å². The molecule has 0 radical (unpaired) electrons. The van der Waals surface area contributed by atoms with Gasteiger partial charge in [-0.1, -0.05) is 12.1 Å². The van der Waals surface area contributed by atoms with Crippen molar-refractivity contribution in [2.75, 3.05) is 31.1 Å². The van der Waals surface area contributed by atoms with Gasteiger partial charge in [-0.05, 0) is 29.8 Å². The van der Waals surface area contributed by atoms with Crippen LogP contribution in [0.4, 0.5) is 5.82 Å². The second-order valence-electron chi connectivity index (χ2n) is 4.83. The van der Waals surface area contributed by atoms with Crippen LogP contribution in [-0.2, 0) is 0 Å². The predicted octanol–water partition coefficient (Wildman–Crippen LogP) is 2.03. The Kier molecular flexibility index (Phi) is 3.62. The number of pyridine rings is 1. The summed E-state index contributed by atoms with van der Waals surface area (Å²) in [6, 6.07) is 13.9. The number of benzene rings is 1. The summed E-state index contributed by atoms with van der Waals surface area (Å²) in [6.45, 7) is 4.03. The first kappa shape index (κ1) is 12.6. The summed E-state index contributed by atoms with van der Waals surface area (Å²) < 4.78 is 0. The van der Waals surface area contributed by atoms with Gasteiger partial charge in [0.2, 0.25) is 0 Å². The number of anilines is 1. The van der Waals surface area contributed by atoms with Crippen molar-refractivity contribution in [3.05, 3.63) is 48.2 Å². The number of hydrogen-bond donors (Lipinski definition) is 1. The van der Waals surface area contributed by atoms with Crippen LogP contribution in [0.15, 0.2) is 42.6 Å². The van der Waals surface area contributed by atoms with E-state index in [1.54, 1.807) is 0 Å². The number of nitrogens with one attached hydrogen (secondary N) is 1. The minimum atomic E-state index is 0.680. The average molecular weight is 264 g/mol. The second-order valence-corrected chi connectivity index (χ2v) is 4.83. The predicted molar refractivity (Wildman–Crippen MR) is 79.5 cm³/mol. The van der Waals surface area contributed by atoms with Gasteiger partial charge >= 0.3 is 0 Å². The zero-order valence-corrected chi connectivity index (χ0v) is 11.2. The molecule has 1 aromatic heterocycles. The molecule has 0 amide bonds. The quantitative estimate of drug-likeness (QED) is 0.901. The Morgan fingerprint density at radius 1 is 1.00 bits per heavy atom. The van der Waals surface area contributed by atoms with Crippen LogP contribution in [0.1, 0.15) is 5.56 Å². The molecule has 4 nitrogen and oxygen atoms in total. The maximum absolute atomic E-state index is 8.81. The molecule has 1 aliphatic heterocycles. The number of piperazine rings is 1. The van der Waals surface area contributed by atoms with Crippen molar-refractivity contribution in [1.82, 2.24) is 10.3 Å². The van der Waals surface area contributed by atoms with Crippen molar-refractivity contribution < 1.29 is 0 Å². The summed E-state index contributed by atoms with van der Waals surface area (Å²) in [5.74, 6) is 1.03. The van der Waals surface area contributed by atoms with Gasteiger partial charge in [-0.3, -0.25) is 0 Å². The lowest BCUT2D eigenvalue weighted by Crippen LogP contribution is -2.43. The van der Waals surface area contributed by atoms with Gasteiger partial charge in [-0.25, -0.2) is 4.98 Å². The standard InChI is InChI=1S/C16H16N4/c17-11-13-1-3-14(4-2-13)15-5-6-16(19-12-15)20-9-7-18-8-10-20/h1-6,12,18H,7-10H2. The molecule has 0 unspecified atom stereocenters.